The quantitative estimate of drug-likeness (QED) is 0.277. The maximum absolute atomic E-state index is 13.0. The van der Waals surface area contributed by atoms with Gasteiger partial charge in [-0.05, 0) is 61.5 Å². The van der Waals surface area contributed by atoms with Gasteiger partial charge < -0.3 is 25.0 Å². The van der Waals surface area contributed by atoms with Crippen LogP contribution in [-0.2, 0) is 11.2 Å². The SMILES string of the molecule is CCc1ccc(C(=Nc2ccc(N(C)C(=O)CN3CCN(C)CC3)cc2)c2c(O)[nH]c3ccc(C(=O)O)cc23)cc1. The second kappa shape index (κ2) is 12.0. The Balaban J connectivity index is 1.48. The Bertz CT molecular complexity index is 1580. The number of anilines is 1. The first-order valence-electron chi connectivity index (χ1n) is 13.8. The van der Waals surface area contributed by atoms with Crippen molar-refractivity contribution in [2.75, 3.05) is 51.7 Å². The number of nitrogens with one attached hydrogen (secondary N) is 1. The maximum atomic E-state index is 13.0. The first-order chi connectivity index (χ1) is 19.7. The topological polar surface area (TPSA) is 112 Å². The van der Waals surface area contributed by atoms with Crippen molar-refractivity contribution in [3.05, 3.63) is 89.0 Å². The number of nitrogens with zero attached hydrogens (tertiary/aromatic N) is 4. The standard InChI is InChI=1S/C32H35N5O4/c1-4-21-5-7-22(8-6-21)30(29-26-19-23(32(40)41)9-14-27(26)34-31(29)39)33-24-10-12-25(13-11-24)36(3)28(38)20-37-17-15-35(2)16-18-37/h5-14,19,34,39H,4,15-18,20H2,1-3H3,(H,40,41). The van der Waals surface area contributed by atoms with Crippen molar-refractivity contribution < 1.29 is 19.8 Å². The number of fused-ring (bicyclic) bond motifs is 1. The molecule has 9 nitrogen and oxygen atoms in total. The van der Waals surface area contributed by atoms with E-state index in [0.29, 0.717) is 34.4 Å². The summed E-state index contributed by atoms with van der Waals surface area (Å²) in [6.45, 7) is 6.12. The van der Waals surface area contributed by atoms with Crippen molar-refractivity contribution in [2.45, 2.75) is 13.3 Å². The van der Waals surface area contributed by atoms with Crippen LogP contribution in [0.5, 0.6) is 5.88 Å². The van der Waals surface area contributed by atoms with Crippen LogP contribution in [0.4, 0.5) is 11.4 Å². The van der Waals surface area contributed by atoms with Crippen LogP contribution in [0.2, 0.25) is 0 Å². The Hall–Kier alpha value is -4.47. The monoisotopic (exact) mass is 553 g/mol. The average molecular weight is 554 g/mol. The van der Waals surface area contributed by atoms with Crippen molar-refractivity contribution in [1.82, 2.24) is 14.8 Å². The molecule has 41 heavy (non-hydrogen) atoms. The number of carboxylic acids is 1. The molecule has 0 bridgehead atoms. The number of hydrogen-bond donors (Lipinski definition) is 3. The van der Waals surface area contributed by atoms with Crippen molar-refractivity contribution in [1.29, 1.82) is 0 Å². The average Bonchev–Trinajstić information content (AvgIpc) is 3.31. The Labute approximate surface area is 239 Å². The van der Waals surface area contributed by atoms with E-state index in [9.17, 15) is 19.8 Å². The number of H-pyrrole nitrogens is 1. The van der Waals surface area contributed by atoms with Gasteiger partial charge in [0.1, 0.15) is 0 Å². The van der Waals surface area contributed by atoms with Gasteiger partial charge in [-0.1, -0.05) is 31.2 Å². The number of rotatable bonds is 8. The predicted molar refractivity (Wildman–Crippen MR) is 162 cm³/mol. The van der Waals surface area contributed by atoms with Gasteiger partial charge in [-0.2, -0.15) is 0 Å². The number of carboxylic acid groups (broad SMARTS) is 1. The van der Waals surface area contributed by atoms with E-state index in [4.69, 9.17) is 4.99 Å². The summed E-state index contributed by atoms with van der Waals surface area (Å²) < 4.78 is 0. The van der Waals surface area contributed by atoms with Crippen LogP contribution in [0, 0.1) is 0 Å². The molecule has 0 aliphatic carbocycles. The number of aromatic nitrogens is 1. The van der Waals surface area contributed by atoms with Crippen molar-refractivity contribution >= 4 is 39.9 Å². The first-order valence-corrected chi connectivity index (χ1v) is 13.8. The predicted octanol–water partition coefficient (Wildman–Crippen LogP) is 4.51. The van der Waals surface area contributed by atoms with Crippen molar-refractivity contribution in [2.24, 2.45) is 4.99 Å². The molecule has 0 spiro atoms. The fraction of sp³-hybridized carbons (Fsp3) is 0.281. The summed E-state index contributed by atoms with van der Waals surface area (Å²) in [4.78, 5) is 38.6. The number of carbonyl (C=O) groups is 2. The molecule has 5 rings (SSSR count). The lowest BCUT2D eigenvalue weighted by Gasteiger charge is -2.32. The van der Waals surface area contributed by atoms with E-state index in [1.807, 2.05) is 48.5 Å². The molecule has 0 atom stereocenters. The molecule has 1 aliphatic heterocycles. The number of benzene rings is 3. The molecule has 212 valence electrons. The number of aromatic hydroxyl groups is 1. The number of aryl methyl sites for hydroxylation is 1. The smallest absolute Gasteiger partial charge is 0.335 e. The molecule has 1 fully saturated rings. The number of aliphatic imine (C=N–C) groups is 1. The lowest BCUT2D eigenvalue weighted by Crippen LogP contribution is -2.48. The number of amides is 1. The molecule has 1 amide bonds. The maximum Gasteiger partial charge on any atom is 0.335 e. The molecule has 2 heterocycles. The molecule has 4 aromatic rings. The third kappa shape index (κ3) is 6.16. The highest BCUT2D eigenvalue weighted by Crippen LogP contribution is 2.33. The molecule has 1 saturated heterocycles. The molecule has 3 N–H and O–H groups in total. The van der Waals surface area contributed by atoms with Crippen LogP contribution in [-0.4, -0.2) is 89.4 Å². The fourth-order valence-corrected chi connectivity index (χ4v) is 5.04. The second-order valence-corrected chi connectivity index (χ2v) is 10.5. The lowest BCUT2D eigenvalue weighted by atomic mass is 9.98. The van der Waals surface area contributed by atoms with Crippen LogP contribution >= 0.6 is 0 Å². The molecule has 1 aliphatic rings. The summed E-state index contributed by atoms with van der Waals surface area (Å²) in [7, 11) is 3.87. The van der Waals surface area contributed by atoms with E-state index < -0.39 is 5.97 Å². The summed E-state index contributed by atoms with van der Waals surface area (Å²) >= 11 is 0. The van der Waals surface area contributed by atoms with E-state index in [-0.39, 0.29) is 17.4 Å². The van der Waals surface area contributed by atoms with E-state index >= 15 is 0 Å². The molecule has 0 saturated carbocycles. The van der Waals surface area contributed by atoms with Gasteiger partial charge in [-0.15, -0.1) is 0 Å². The van der Waals surface area contributed by atoms with Gasteiger partial charge in [0.15, 0.2) is 5.88 Å². The minimum atomic E-state index is -1.05. The Morgan fingerprint density at radius 2 is 1.61 bits per heavy atom. The van der Waals surface area contributed by atoms with Crippen LogP contribution in [0.1, 0.15) is 34.0 Å². The lowest BCUT2D eigenvalue weighted by molar-refractivity contribution is -0.119. The molecular formula is C32H35N5O4. The van der Waals surface area contributed by atoms with Gasteiger partial charge in [0.05, 0.1) is 29.1 Å². The molecular weight excluding hydrogens is 518 g/mol. The highest BCUT2D eigenvalue weighted by molar-refractivity contribution is 6.22. The zero-order valence-corrected chi connectivity index (χ0v) is 23.6. The van der Waals surface area contributed by atoms with E-state index in [1.54, 1.807) is 24.1 Å². The number of hydrogen-bond acceptors (Lipinski definition) is 6. The highest BCUT2D eigenvalue weighted by atomic mass is 16.4. The zero-order chi connectivity index (χ0) is 29.1. The summed E-state index contributed by atoms with van der Waals surface area (Å²) in [5.41, 5.74) is 5.00. The van der Waals surface area contributed by atoms with Crippen LogP contribution < -0.4 is 4.90 Å². The summed E-state index contributed by atoms with van der Waals surface area (Å²) in [6, 6.07) is 20.0. The summed E-state index contributed by atoms with van der Waals surface area (Å²) in [5.74, 6) is -1.11. The van der Waals surface area contributed by atoms with E-state index in [1.165, 1.54) is 6.07 Å². The van der Waals surface area contributed by atoms with Crippen LogP contribution in [0.25, 0.3) is 10.9 Å². The largest absolute Gasteiger partial charge is 0.494 e. The van der Waals surface area contributed by atoms with Gasteiger partial charge in [0.25, 0.3) is 0 Å². The first kappa shape index (κ1) is 28.1. The fourth-order valence-electron chi connectivity index (χ4n) is 5.04. The van der Waals surface area contributed by atoms with Crippen LogP contribution in [0.3, 0.4) is 0 Å². The minimum Gasteiger partial charge on any atom is -0.494 e. The van der Waals surface area contributed by atoms with Gasteiger partial charge in [-0.25, -0.2) is 9.79 Å². The summed E-state index contributed by atoms with van der Waals surface area (Å²) in [6.07, 6.45) is 0.884. The normalized spacial score (nSPS) is 14.9. The van der Waals surface area contributed by atoms with Gasteiger partial charge in [-0.3, -0.25) is 9.69 Å². The molecule has 1 aromatic heterocycles. The number of aromatic carboxylic acids is 1. The van der Waals surface area contributed by atoms with Gasteiger partial charge in [0.2, 0.25) is 5.91 Å². The molecule has 0 radical (unpaired) electrons. The number of aromatic amines is 1. The highest BCUT2D eigenvalue weighted by Gasteiger charge is 2.21. The molecule has 9 heteroatoms. The summed E-state index contributed by atoms with van der Waals surface area (Å²) in [5, 5.41) is 21.1. The zero-order valence-electron chi connectivity index (χ0n) is 23.6. The minimum absolute atomic E-state index is 0.0282. The van der Waals surface area contributed by atoms with E-state index in [0.717, 1.165) is 49.4 Å². The Morgan fingerprint density at radius 1 is 0.951 bits per heavy atom. The third-order valence-corrected chi connectivity index (χ3v) is 7.70. The third-order valence-electron chi connectivity index (χ3n) is 7.70. The Kier molecular flexibility index (Phi) is 8.19. The molecule has 3 aromatic carbocycles. The molecule has 0 unspecified atom stereocenters. The van der Waals surface area contributed by atoms with Gasteiger partial charge >= 0.3 is 5.97 Å². The van der Waals surface area contributed by atoms with Crippen molar-refractivity contribution in [3.8, 4) is 5.88 Å². The number of likely N-dealkylation sites (N-methyl/N-ethyl adjacent to an activating group) is 2. The van der Waals surface area contributed by atoms with E-state index in [2.05, 4.69) is 28.8 Å². The van der Waals surface area contributed by atoms with Crippen LogP contribution in [0.15, 0.2) is 71.7 Å². The van der Waals surface area contributed by atoms with Crippen molar-refractivity contribution in [3.63, 3.8) is 0 Å². The second-order valence-electron chi connectivity index (χ2n) is 10.5. The van der Waals surface area contributed by atoms with Gasteiger partial charge in [0, 0.05) is 55.4 Å². The Morgan fingerprint density at radius 3 is 2.24 bits per heavy atom. The number of carbonyl (C=O) groups excluding carboxylic acids is 1. The number of piperazine rings is 1.